The fourth-order valence-corrected chi connectivity index (χ4v) is 1.15. The summed E-state index contributed by atoms with van der Waals surface area (Å²) in [4.78, 5) is 10.8. The molecule has 0 unspecified atom stereocenters. The summed E-state index contributed by atoms with van der Waals surface area (Å²) >= 11 is 0. The molecule has 0 aliphatic carbocycles. The molecule has 0 amide bonds. The molecule has 4 nitrogen and oxygen atoms in total. The van der Waals surface area contributed by atoms with Gasteiger partial charge >= 0.3 is 5.97 Å². The van der Waals surface area contributed by atoms with Crippen molar-refractivity contribution in [2.24, 2.45) is 0 Å². The van der Waals surface area contributed by atoms with Gasteiger partial charge in [-0.2, -0.15) is 0 Å². The molecule has 3 N–H and O–H groups in total. The normalized spacial score (nSPS) is 12.4. The molecule has 0 saturated heterocycles. The summed E-state index contributed by atoms with van der Waals surface area (Å²) in [5.74, 6) is -0.989. The number of benzene rings is 1. The van der Waals surface area contributed by atoms with Gasteiger partial charge in [-0.3, -0.25) is 0 Å². The molecule has 0 radical (unpaired) electrons. The van der Waals surface area contributed by atoms with Gasteiger partial charge < -0.3 is 15.6 Å². The minimum absolute atomic E-state index is 0.362. The molecule has 0 saturated carbocycles. The van der Waals surface area contributed by atoms with E-state index in [2.05, 4.69) is 0 Å². The number of anilines is 1. The van der Waals surface area contributed by atoms with Gasteiger partial charge in [0, 0.05) is 12.3 Å². The molecule has 1 rings (SSSR count). The minimum Gasteiger partial charge on any atom is -0.479 e. The highest BCUT2D eigenvalue weighted by molar-refractivity contribution is 5.74. The zero-order valence-electron chi connectivity index (χ0n) is 7.93. The second kappa shape index (κ2) is 4.62. The van der Waals surface area contributed by atoms with E-state index in [1.807, 2.05) is 0 Å². The van der Waals surface area contributed by atoms with E-state index in [9.17, 15) is 4.79 Å². The van der Waals surface area contributed by atoms with Gasteiger partial charge in [0.2, 0.25) is 0 Å². The van der Waals surface area contributed by atoms with Crippen LogP contribution < -0.4 is 5.73 Å². The van der Waals surface area contributed by atoms with Crippen molar-refractivity contribution >= 4 is 11.7 Å². The maximum atomic E-state index is 10.8. The highest BCUT2D eigenvalue weighted by Crippen LogP contribution is 2.18. The number of carbonyl (C=O) groups is 1. The van der Waals surface area contributed by atoms with Gasteiger partial charge in [0.15, 0.2) is 6.10 Å². The lowest BCUT2D eigenvalue weighted by molar-refractivity contribution is -0.150. The van der Waals surface area contributed by atoms with Crippen molar-refractivity contribution < 1.29 is 14.6 Å². The Morgan fingerprint density at radius 2 is 2.07 bits per heavy atom. The summed E-state index contributed by atoms with van der Waals surface area (Å²) in [6, 6.07) is 6.63. The number of carboxylic acid groups (broad SMARTS) is 1. The standard InChI is InChI=1S/C10H13NO3/c1-2-14-9(10(12)13)7-3-5-8(11)6-4-7/h3-6,9H,2,11H2,1H3,(H,12,13)/t9-/m0/s1. The van der Waals surface area contributed by atoms with E-state index in [-0.39, 0.29) is 0 Å². The molecular weight excluding hydrogens is 182 g/mol. The van der Waals surface area contributed by atoms with Gasteiger partial charge in [0.05, 0.1) is 0 Å². The van der Waals surface area contributed by atoms with Gasteiger partial charge in [-0.15, -0.1) is 0 Å². The number of ether oxygens (including phenoxy) is 1. The van der Waals surface area contributed by atoms with Crippen LogP contribution in [0.3, 0.4) is 0 Å². The molecule has 0 aliphatic rings. The van der Waals surface area contributed by atoms with Crippen molar-refractivity contribution in [2.45, 2.75) is 13.0 Å². The lowest BCUT2D eigenvalue weighted by Crippen LogP contribution is -2.15. The second-order valence-electron chi connectivity index (χ2n) is 2.84. The highest BCUT2D eigenvalue weighted by atomic mass is 16.5. The predicted octanol–water partition coefficient (Wildman–Crippen LogP) is 1.43. The van der Waals surface area contributed by atoms with E-state index < -0.39 is 12.1 Å². The molecule has 1 atom stereocenters. The number of aliphatic carboxylic acids is 1. The van der Waals surface area contributed by atoms with Crippen LogP contribution in [0.1, 0.15) is 18.6 Å². The molecule has 0 bridgehead atoms. The summed E-state index contributed by atoms with van der Waals surface area (Å²) in [5, 5.41) is 8.87. The van der Waals surface area contributed by atoms with Crippen LogP contribution in [0.15, 0.2) is 24.3 Å². The number of nitrogens with two attached hydrogens (primary N) is 1. The largest absolute Gasteiger partial charge is 0.479 e. The summed E-state index contributed by atoms with van der Waals surface area (Å²) in [6.45, 7) is 2.12. The first-order valence-corrected chi connectivity index (χ1v) is 4.35. The number of hydrogen-bond donors (Lipinski definition) is 2. The van der Waals surface area contributed by atoms with Crippen molar-refractivity contribution in [3.63, 3.8) is 0 Å². The monoisotopic (exact) mass is 195 g/mol. The Bertz CT molecular complexity index is 308. The summed E-state index contributed by atoms with van der Waals surface area (Å²) in [7, 11) is 0. The predicted molar refractivity (Wildman–Crippen MR) is 52.9 cm³/mol. The van der Waals surface area contributed by atoms with Crippen LogP contribution in [0.25, 0.3) is 0 Å². The number of carboxylic acids is 1. The van der Waals surface area contributed by atoms with E-state index in [4.69, 9.17) is 15.6 Å². The van der Waals surface area contributed by atoms with Gasteiger partial charge in [-0.25, -0.2) is 4.79 Å². The first-order chi connectivity index (χ1) is 6.65. The van der Waals surface area contributed by atoms with E-state index in [0.29, 0.717) is 17.9 Å². The Balaban J connectivity index is 2.87. The number of nitrogen functional groups attached to an aromatic ring is 1. The third-order valence-electron chi connectivity index (χ3n) is 1.80. The van der Waals surface area contributed by atoms with E-state index in [1.165, 1.54) is 0 Å². The molecule has 1 aromatic carbocycles. The Morgan fingerprint density at radius 3 is 2.50 bits per heavy atom. The van der Waals surface area contributed by atoms with Crippen molar-refractivity contribution in [1.29, 1.82) is 0 Å². The maximum absolute atomic E-state index is 10.8. The number of hydrogen-bond acceptors (Lipinski definition) is 3. The quantitative estimate of drug-likeness (QED) is 0.713. The van der Waals surface area contributed by atoms with Crippen LogP contribution in [0.4, 0.5) is 5.69 Å². The molecule has 0 aromatic heterocycles. The van der Waals surface area contributed by atoms with Gasteiger partial charge in [0.25, 0.3) is 0 Å². The fraction of sp³-hybridized carbons (Fsp3) is 0.300. The van der Waals surface area contributed by atoms with Gasteiger partial charge in [0.1, 0.15) is 0 Å². The third-order valence-corrected chi connectivity index (χ3v) is 1.80. The van der Waals surface area contributed by atoms with Crippen LogP contribution in [0.2, 0.25) is 0 Å². The van der Waals surface area contributed by atoms with Crippen LogP contribution in [-0.2, 0) is 9.53 Å². The average molecular weight is 195 g/mol. The Kier molecular flexibility index (Phi) is 3.48. The Hall–Kier alpha value is -1.55. The molecule has 1 aromatic rings. The van der Waals surface area contributed by atoms with Crippen molar-refractivity contribution in [3.05, 3.63) is 29.8 Å². The summed E-state index contributed by atoms with van der Waals surface area (Å²) in [6.07, 6.45) is -0.902. The van der Waals surface area contributed by atoms with Crippen molar-refractivity contribution in [3.8, 4) is 0 Å². The Morgan fingerprint density at radius 1 is 1.50 bits per heavy atom. The molecule has 0 heterocycles. The lowest BCUT2D eigenvalue weighted by Gasteiger charge is -2.12. The lowest BCUT2D eigenvalue weighted by atomic mass is 10.1. The van der Waals surface area contributed by atoms with Crippen LogP contribution in [-0.4, -0.2) is 17.7 Å². The van der Waals surface area contributed by atoms with Crippen LogP contribution >= 0.6 is 0 Å². The molecule has 0 aliphatic heterocycles. The van der Waals surface area contributed by atoms with Crippen molar-refractivity contribution in [2.75, 3.05) is 12.3 Å². The fourth-order valence-electron chi connectivity index (χ4n) is 1.15. The van der Waals surface area contributed by atoms with E-state index >= 15 is 0 Å². The zero-order chi connectivity index (χ0) is 10.6. The summed E-state index contributed by atoms with van der Waals surface area (Å²) < 4.78 is 5.09. The van der Waals surface area contributed by atoms with Gasteiger partial charge in [-0.1, -0.05) is 12.1 Å². The molecular formula is C10H13NO3. The highest BCUT2D eigenvalue weighted by Gasteiger charge is 2.19. The molecule has 0 spiro atoms. The zero-order valence-corrected chi connectivity index (χ0v) is 7.93. The van der Waals surface area contributed by atoms with Gasteiger partial charge in [-0.05, 0) is 24.6 Å². The topological polar surface area (TPSA) is 72.5 Å². The first-order valence-electron chi connectivity index (χ1n) is 4.35. The molecule has 0 fully saturated rings. The first kappa shape index (κ1) is 10.5. The third kappa shape index (κ3) is 2.47. The maximum Gasteiger partial charge on any atom is 0.337 e. The molecule has 14 heavy (non-hydrogen) atoms. The van der Waals surface area contributed by atoms with E-state index in [0.717, 1.165) is 0 Å². The Labute approximate surface area is 82.3 Å². The molecule has 4 heteroatoms. The molecule has 76 valence electrons. The van der Waals surface area contributed by atoms with Crippen molar-refractivity contribution in [1.82, 2.24) is 0 Å². The minimum atomic E-state index is -0.989. The average Bonchev–Trinajstić information content (AvgIpc) is 2.15. The smallest absolute Gasteiger partial charge is 0.337 e. The summed E-state index contributed by atoms with van der Waals surface area (Å²) in [5.41, 5.74) is 6.70. The second-order valence-corrected chi connectivity index (χ2v) is 2.84. The SMILES string of the molecule is CCO[C@H](C(=O)O)c1ccc(N)cc1. The number of rotatable bonds is 4. The van der Waals surface area contributed by atoms with Crippen LogP contribution in [0, 0.1) is 0 Å². The van der Waals surface area contributed by atoms with Crippen LogP contribution in [0.5, 0.6) is 0 Å². The van der Waals surface area contributed by atoms with E-state index in [1.54, 1.807) is 31.2 Å².